The summed E-state index contributed by atoms with van der Waals surface area (Å²) in [6.45, 7) is 0. The van der Waals surface area contributed by atoms with Gasteiger partial charge in [-0.25, -0.2) is 12.8 Å². The molecule has 1 amide bonds. The van der Waals surface area contributed by atoms with Gasteiger partial charge in [0.25, 0.3) is 15.9 Å². The molecule has 0 unspecified atom stereocenters. The summed E-state index contributed by atoms with van der Waals surface area (Å²) >= 11 is 5.57. The maximum atomic E-state index is 13.1. The Balaban J connectivity index is 1.77. The van der Waals surface area contributed by atoms with Crippen molar-refractivity contribution in [3.8, 4) is 0 Å². The van der Waals surface area contributed by atoms with Gasteiger partial charge in [-0.2, -0.15) is 0 Å². The second-order valence-corrected chi connectivity index (χ2v) is 7.14. The van der Waals surface area contributed by atoms with Gasteiger partial charge in [0.1, 0.15) is 5.82 Å². The lowest BCUT2D eigenvalue weighted by molar-refractivity contribution is 0.0945. The Morgan fingerprint density at radius 1 is 1.12 bits per heavy atom. The van der Waals surface area contributed by atoms with Crippen molar-refractivity contribution in [3.05, 3.63) is 71.1 Å². The van der Waals surface area contributed by atoms with Crippen molar-refractivity contribution in [2.75, 3.05) is 0 Å². The third-order valence-electron chi connectivity index (χ3n) is 3.35. The zero-order valence-electron chi connectivity index (χ0n) is 12.5. The summed E-state index contributed by atoms with van der Waals surface area (Å²) in [6, 6.07) is 11.7. The minimum atomic E-state index is -4.10. The highest BCUT2D eigenvalue weighted by Gasteiger charge is 2.17. The van der Waals surface area contributed by atoms with E-state index in [0.717, 1.165) is 23.6 Å². The number of carbonyl (C=O) groups excluding carboxylic acids is 1. The van der Waals surface area contributed by atoms with Crippen molar-refractivity contribution >= 4 is 38.4 Å². The molecule has 0 saturated heterocycles. The molecule has 0 aliphatic heterocycles. The number of hydrogen-bond acceptors (Lipinski definition) is 4. The predicted octanol–water partition coefficient (Wildman–Crippen LogP) is 2.65. The SMILES string of the molecule is O=C(NNS(=O)(=O)c1ccc(F)c(Cl)c1)c1cnc2ccccc2c1. The topological polar surface area (TPSA) is 88.2 Å². The van der Waals surface area contributed by atoms with E-state index in [9.17, 15) is 17.6 Å². The fourth-order valence-corrected chi connectivity index (χ4v) is 3.19. The van der Waals surface area contributed by atoms with E-state index in [-0.39, 0.29) is 15.5 Å². The number of amides is 1. The summed E-state index contributed by atoms with van der Waals surface area (Å²) in [4.78, 5) is 17.9. The van der Waals surface area contributed by atoms with Crippen LogP contribution in [0.4, 0.5) is 4.39 Å². The van der Waals surface area contributed by atoms with Gasteiger partial charge in [-0.05, 0) is 30.3 Å². The highest BCUT2D eigenvalue weighted by molar-refractivity contribution is 7.89. The molecule has 0 aliphatic rings. The normalized spacial score (nSPS) is 11.4. The molecule has 0 aliphatic carbocycles. The van der Waals surface area contributed by atoms with Gasteiger partial charge < -0.3 is 0 Å². The first-order valence-electron chi connectivity index (χ1n) is 6.99. The van der Waals surface area contributed by atoms with E-state index in [4.69, 9.17) is 11.6 Å². The Morgan fingerprint density at radius 2 is 1.88 bits per heavy atom. The molecule has 0 fully saturated rings. The molecule has 9 heteroatoms. The van der Waals surface area contributed by atoms with Gasteiger partial charge in [0, 0.05) is 11.6 Å². The Labute approximate surface area is 147 Å². The van der Waals surface area contributed by atoms with Crippen molar-refractivity contribution in [1.29, 1.82) is 0 Å². The number of hydrogen-bond donors (Lipinski definition) is 2. The molecular formula is C16H11ClFN3O3S. The number of aromatic nitrogens is 1. The van der Waals surface area contributed by atoms with Crippen LogP contribution in [0, 0.1) is 5.82 Å². The highest BCUT2D eigenvalue weighted by Crippen LogP contribution is 2.19. The van der Waals surface area contributed by atoms with E-state index in [2.05, 4.69) is 10.4 Å². The van der Waals surface area contributed by atoms with Crippen LogP contribution >= 0.6 is 11.6 Å². The lowest BCUT2D eigenvalue weighted by atomic mass is 10.1. The molecule has 2 aromatic carbocycles. The van der Waals surface area contributed by atoms with Gasteiger partial charge in [-0.3, -0.25) is 15.2 Å². The molecule has 3 rings (SSSR count). The predicted molar refractivity (Wildman–Crippen MR) is 90.9 cm³/mol. The lowest BCUT2D eigenvalue weighted by Gasteiger charge is -2.09. The highest BCUT2D eigenvalue weighted by atomic mass is 35.5. The number of sulfonamides is 1. The minimum absolute atomic E-state index is 0.179. The number of carbonyl (C=O) groups is 1. The van der Waals surface area contributed by atoms with Crippen molar-refractivity contribution in [1.82, 2.24) is 15.2 Å². The van der Waals surface area contributed by atoms with Crippen molar-refractivity contribution < 1.29 is 17.6 Å². The van der Waals surface area contributed by atoms with Crippen LogP contribution in [0.2, 0.25) is 5.02 Å². The second kappa shape index (κ2) is 6.75. The smallest absolute Gasteiger partial charge is 0.267 e. The lowest BCUT2D eigenvalue weighted by Crippen LogP contribution is -2.41. The molecule has 128 valence electrons. The van der Waals surface area contributed by atoms with Crippen molar-refractivity contribution in [2.24, 2.45) is 0 Å². The minimum Gasteiger partial charge on any atom is -0.273 e. The van der Waals surface area contributed by atoms with Crippen LogP contribution in [-0.4, -0.2) is 19.3 Å². The molecule has 0 saturated carbocycles. The molecule has 6 nitrogen and oxygen atoms in total. The van der Waals surface area contributed by atoms with Crippen LogP contribution in [0.25, 0.3) is 10.9 Å². The Morgan fingerprint density at radius 3 is 2.64 bits per heavy atom. The Hall–Kier alpha value is -2.55. The monoisotopic (exact) mass is 379 g/mol. The molecule has 0 spiro atoms. The van der Waals surface area contributed by atoms with Crippen LogP contribution in [0.1, 0.15) is 10.4 Å². The van der Waals surface area contributed by atoms with Crippen LogP contribution in [0.15, 0.2) is 59.6 Å². The van der Waals surface area contributed by atoms with E-state index in [1.807, 2.05) is 10.9 Å². The van der Waals surface area contributed by atoms with Gasteiger partial charge >= 0.3 is 0 Å². The molecule has 0 bridgehead atoms. The summed E-state index contributed by atoms with van der Waals surface area (Å²) in [5.74, 6) is -1.43. The average Bonchev–Trinajstić information content (AvgIpc) is 2.61. The third kappa shape index (κ3) is 3.76. The van der Waals surface area contributed by atoms with E-state index in [1.165, 1.54) is 6.20 Å². The summed E-state index contributed by atoms with van der Waals surface area (Å²) < 4.78 is 37.4. The standard InChI is InChI=1S/C16H11ClFN3O3S/c17-13-8-12(5-6-14(13)18)25(23,24)21-20-16(22)11-7-10-3-1-2-4-15(10)19-9-11/h1-9,21H,(H,20,22). The Kier molecular flexibility index (Phi) is 4.67. The average molecular weight is 380 g/mol. The molecule has 1 heterocycles. The molecule has 1 aromatic heterocycles. The van der Waals surface area contributed by atoms with Crippen LogP contribution in [0.5, 0.6) is 0 Å². The zero-order valence-corrected chi connectivity index (χ0v) is 14.1. The van der Waals surface area contributed by atoms with Crippen molar-refractivity contribution in [2.45, 2.75) is 4.90 Å². The van der Waals surface area contributed by atoms with E-state index in [1.54, 1.807) is 24.3 Å². The molecule has 3 aromatic rings. The second-order valence-electron chi connectivity index (χ2n) is 5.05. The Bertz CT molecular complexity index is 1070. The van der Waals surface area contributed by atoms with Crippen LogP contribution in [-0.2, 0) is 10.0 Å². The quantitative estimate of drug-likeness (QED) is 0.682. The number of rotatable bonds is 4. The van der Waals surface area contributed by atoms with Crippen LogP contribution < -0.4 is 10.3 Å². The molecule has 0 radical (unpaired) electrons. The van der Waals surface area contributed by atoms with E-state index in [0.29, 0.717) is 5.52 Å². The molecule has 2 N–H and O–H groups in total. The number of pyridine rings is 1. The first-order valence-corrected chi connectivity index (χ1v) is 8.85. The summed E-state index contributed by atoms with van der Waals surface area (Å²) in [5.41, 5.74) is 2.97. The molecule has 0 atom stereocenters. The number of hydrazine groups is 1. The molecule has 25 heavy (non-hydrogen) atoms. The van der Waals surface area contributed by atoms with E-state index < -0.39 is 21.7 Å². The number of para-hydroxylation sites is 1. The summed E-state index contributed by atoms with van der Waals surface area (Å²) in [5, 5.41) is 0.399. The molecular weight excluding hydrogens is 369 g/mol. The number of halogens is 2. The maximum absolute atomic E-state index is 13.1. The fourth-order valence-electron chi connectivity index (χ4n) is 2.08. The number of nitrogens with zero attached hydrogens (tertiary/aromatic N) is 1. The van der Waals surface area contributed by atoms with Gasteiger partial charge in [0.15, 0.2) is 0 Å². The van der Waals surface area contributed by atoms with Gasteiger partial charge in [0.05, 0.1) is 21.0 Å². The van der Waals surface area contributed by atoms with Gasteiger partial charge in [-0.15, -0.1) is 4.83 Å². The first kappa shape index (κ1) is 17.3. The largest absolute Gasteiger partial charge is 0.273 e. The van der Waals surface area contributed by atoms with Crippen molar-refractivity contribution in [3.63, 3.8) is 0 Å². The maximum Gasteiger partial charge on any atom is 0.267 e. The number of nitrogens with one attached hydrogen (secondary N) is 2. The summed E-state index contributed by atoms with van der Waals surface area (Å²) in [6.07, 6.45) is 1.33. The van der Waals surface area contributed by atoms with Crippen LogP contribution in [0.3, 0.4) is 0 Å². The third-order valence-corrected chi connectivity index (χ3v) is 4.89. The van der Waals surface area contributed by atoms with Gasteiger partial charge in [0.2, 0.25) is 0 Å². The fraction of sp³-hybridized carbons (Fsp3) is 0. The zero-order chi connectivity index (χ0) is 18.0. The number of fused-ring (bicyclic) bond motifs is 1. The summed E-state index contributed by atoms with van der Waals surface area (Å²) in [7, 11) is -4.10. The van der Waals surface area contributed by atoms with Gasteiger partial charge in [-0.1, -0.05) is 29.8 Å². The first-order chi connectivity index (χ1) is 11.9. The van der Waals surface area contributed by atoms with E-state index >= 15 is 0 Å². The number of benzene rings is 2.